The van der Waals surface area contributed by atoms with Crippen LogP contribution in [0.25, 0.3) is 0 Å². The summed E-state index contributed by atoms with van der Waals surface area (Å²) in [6.45, 7) is 3.31. The first-order valence-electron chi connectivity index (χ1n) is 16.9. The van der Waals surface area contributed by atoms with E-state index in [9.17, 15) is 9.59 Å². The van der Waals surface area contributed by atoms with E-state index < -0.39 is 0 Å². The smallest absolute Gasteiger partial charge is 0.227 e. The fraction of sp³-hybridized carbons (Fsp3) is 0.694. The molecule has 6 aliphatic carbocycles. The Kier molecular flexibility index (Phi) is 5.30. The van der Waals surface area contributed by atoms with Crippen molar-refractivity contribution in [2.75, 3.05) is 6.54 Å². The lowest BCUT2D eigenvalue weighted by Gasteiger charge is -2.42. The third-order valence-electron chi connectivity index (χ3n) is 14.2. The molecule has 0 spiro atoms. The van der Waals surface area contributed by atoms with E-state index in [-0.39, 0.29) is 33.7 Å². The average molecular weight is 584 g/mol. The van der Waals surface area contributed by atoms with Gasteiger partial charge in [0.05, 0.1) is 17.0 Å². The van der Waals surface area contributed by atoms with E-state index in [1.807, 2.05) is 17.6 Å². The Bertz CT molecular complexity index is 1410. The minimum absolute atomic E-state index is 0.0177. The van der Waals surface area contributed by atoms with E-state index >= 15 is 0 Å². The number of piperidine rings is 1. The molecule has 1 saturated heterocycles. The molecule has 7 fully saturated rings. The molecule has 2 amide bonds. The fourth-order valence-corrected chi connectivity index (χ4v) is 12.0. The SMILES string of the molecule is CCC1(C2(C3(CC(=O)N4CC[C@H]5CC54C4(C5(C(=O)N[C@@H](Cc6ccccc6)c6nccs6)CC5)CC4)CC3)CC2)CC1. The average Bonchev–Trinajstić information content (AvgIpc) is 3.81. The second kappa shape index (κ2) is 8.49. The van der Waals surface area contributed by atoms with Gasteiger partial charge in [0, 0.05) is 30.0 Å². The number of nitrogens with zero attached hydrogens (tertiary/aromatic N) is 2. The molecule has 1 aromatic carbocycles. The molecule has 222 valence electrons. The van der Waals surface area contributed by atoms with Gasteiger partial charge in [0.25, 0.3) is 0 Å². The summed E-state index contributed by atoms with van der Waals surface area (Å²) in [6, 6.07) is 10.3. The predicted molar refractivity (Wildman–Crippen MR) is 164 cm³/mol. The second-order valence-electron chi connectivity index (χ2n) is 15.6. The molecule has 9 rings (SSSR count). The molecule has 5 nitrogen and oxygen atoms in total. The van der Waals surface area contributed by atoms with E-state index in [2.05, 4.69) is 46.4 Å². The van der Waals surface area contributed by atoms with Crippen LogP contribution in [0.4, 0.5) is 0 Å². The topological polar surface area (TPSA) is 62.3 Å². The summed E-state index contributed by atoms with van der Waals surface area (Å²) >= 11 is 1.63. The Morgan fingerprint density at radius 3 is 2.24 bits per heavy atom. The fourth-order valence-electron chi connectivity index (χ4n) is 11.3. The highest BCUT2D eigenvalue weighted by Crippen LogP contribution is 2.86. The number of amides is 2. The number of rotatable bonds is 12. The van der Waals surface area contributed by atoms with E-state index in [0.29, 0.717) is 22.7 Å². The number of carbonyl (C=O) groups is 2. The Labute approximate surface area is 254 Å². The summed E-state index contributed by atoms with van der Waals surface area (Å²) in [5.41, 5.74) is 2.14. The maximum Gasteiger partial charge on any atom is 0.227 e. The number of hydrogen-bond donors (Lipinski definition) is 1. The van der Waals surface area contributed by atoms with Crippen molar-refractivity contribution in [1.82, 2.24) is 15.2 Å². The third kappa shape index (κ3) is 3.34. The number of thiazole rings is 1. The molecule has 2 aromatic rings. The van der Waals surface area contributed by atoms with Crippen molar-refractivity contribution in [3.8, 4) is 0 Å². The van der Waals surface area contributed by atoms with Crippen molar-refractivity contribution in [2.24, 2.45) is 33.0 Å². The van der Waals surface area contributed by atoms with Crippen LogP contribution in [-0.4, -0.2) is 33.8 Å². The van der Waals surface area contributed by atoms with Crippen molar-refractivity contribution in [1.29, 1.82) is 0 Å². The van der Waals surface area contributed by atoms with Gasteiger partial charge in [-0.25, -0.2) is 4.98 Å². The largest absolute Gasteiger partial charge is 0.346 e. The van der Waals surface area contributed by atoms with E-state index in [1.54, 1.807) is 11.3 Å². The first-order chi connectivity index (χ1) is 20.4. The zero-order chi connectivity index (χ0) is 28.4. The Balaban J connectivity index is 0.961. The van der Waals surface area contributed by atoms with Crippen molar-refractivity contribution in [2.45, 2.75) is 115 Å². The molecule has 6 heteroatoms. The quantitative estimate of drug-likeness (QED) is 0.287. The zero-order valence-corrected chi connectivity index (χ0v) is 25.9. The molecular formula is C36H45N3O2S. The van der Waals surface area contributed by atoms with Crippen LogP contribution in [0, 0.1) is 33.0 Å². The van der Waals surface area contributed by atoms with Crippen LogP contribution in [0.5, 0.6) is 0 Å². The molecule has 1 aromatic heterocycles. The lowest BCUT2D eigenvalue weighted by molar-refractivity contribution is -0.142. The lowest BCUT2D eigenvalue weighted by atomic mass is 9.69. The van der Waals surface area contributed by atoms with Gasteiger partial charge in [-0.3, -0.25) is 9.59 Å². The minimum atomic E-state index is -0.313. The standard InChI is InChI=1S/C36H45N3O2S/c1-2-31(9-10-31)34(15-16-34)32(11-12-32)24-28(40)39-20-8-26-23-36(26,39)35(17-18-35)33(13-14-33)30(41)38-27(29-37-19-21-42-29)22-25-6-4-3-5-7-25/h3-7,19,21,26-27H,2,8-18,20,22-24H2,1H3,(H,38,41)/t26-,27-,36?/m0/s1. The maximum atomic E-state index is 14.4. The van der Waals surface area contributed by atoms with Crippen LogP contribution >= 0.6 is 11.3 Å². The lowest BCUT2D eigenvalue weighted by Crippen LogP contribution is -2.53. The van der Waals surface area contributed by atoms with Crippen molar-refractivity contribution < 1.29 is 9.59 Å². The maximum absolute atomic E-state index is 14.4. The molecular weight excluding hydrogens is 538 g/mol. The van der Waals surface area contributed by atoms with Crippen LogP contribution in [-0.2, 0) is 16.0 Å². The second-order valence-corrected chi connectivity index (χ2v) is 16.5. The number of likely N-dealkylation sites (tertiary alicyclic amines) is 1. The molecule has 0 bridgehead atoms. The van der Waals surface area contributed by atoms with Crippen LogP contribution < -0.4 is 5.32 Å². The van der Waals surface area contributed by atoms with E-state index in [1.165, 1.54) is 50.5 Å². The van der Waals surface area contributed by atoms with Crippen LogP contribution in [0.1, 0.15) is 113 Å². The van der Waals surface area contributed by atoms with Crippen molar-refractivity contribution in [3.63, 3.8) is 0 Å². The summed E-state index contributed by atoms with van der Waals surface area (Å²) in [6.07, 6.45) is 19.1. The van der Waals surface area contributed by atoms with Gasteiger partial charge in [-0.2, -0.15) is 0 Å². The molecule has 1 aliphatic heterocycles. The number of nitrogens with one attached hydrogen (secondary N) is 1. The molecule has 2 heterocycles. The zero-order valence-electron chi connectivity index (χ0n) is 25.1. The molecule has 42 heavy (non-hydrogen) atoms. The number of hydrogen-bond acceptors (Lipinski definition) is 4. The molecule has 0 radical (unpaired) electrons. The van der Waals surface area contributed by atoms with Gasteiger partial charge in [0.2, 0.25) is 11.8 Å². The predicted octanol–water partition coefficient (Wildman–Crippen LogP) is 7.24. The van der Waals surface area contributed by atoms with Crippen molar-refractivity contribution >= 4 is 23.2 Å². The van der Waals surface area contributed by atoms with Crippen LogP contribution in [0.15, 0.2) is 41.9 Å². The van der Waals surface area contributed by atoms with Gasteiger partial charge in [-0.15, -0.1) is 11.3 Å². The van der Waals surface area contributed by atoms with Crippen LogP contribution in [0.2, 0.25) is 0 Å². The molecule has 3 atom stereocenters. The highest BCUT2D eigenvalue weighted by molar-refractivity contribution is 7.09. The van der Waals surface area contributed by atoms with Crippen LogP contribution in [0.3, 0.4) is 0 Å². The highest BCUT2D eigenvalue weighted by Gasteiger charge is 2.85. The first-order valence-corrected chi connectivity index (χ1v) is 17.8. The summed E-state index contributed by atoms with van der Waals surface area (Å²) < 4.78 is 0. The highest BCUT2D eigenvalue weighted by atomic mass is 32.1. The molecule has 1 N–H and O–H groups in total. The van der Waals surface area contributed by atoms with Gasteiger partial charge < -0.3 is 10.2 Å². The number of carbonyl (C=O) groups excluding carboxylic acids is 2. The monoisotopic (exact) mass is 583 g/mol. The van der Waals surface area contributed by atoms with Gasteiger partial charge >= 0.3 is 0 Å². The normalized spacial score (nSPS) is 32.8. The Morgan fingerprint density at radius 1 is 0.976 bits per heavy atom. The van der Waals surface area contributed by atoms with E-state index in [0.717, 1.165) is 62.9 Å². The van der Waals surface area contributed by atoms with Crippen molar-refractivity contribution in [3.05, 3.63) is 52.5 Å². The van der Waals surface area contributed by atoms with E-state index in [4.69, 9.17) is 0 Å². The molecule has 7 aliphatic rings. The Hall–Kier alpha value is -2.21. The van der Waals surface area contributed by atoms with Gasteiger partial charge in [0.15, 0.2) is 0 Å². The molecule has 1 unspecified atom stereocenters. The number of benzene rings is 1. The number of aromatic nitrogens is 1. The van der Waals surface area contributed by atoms with Gasteiger partial charge in [-0.1, -0.05) is 37.3 Å². The molecule has 6 saturated carbocycles. The van der Waals surface area contributed by atoms with Gasteiger partial charge in [0.1, 0.15) is 5.01 Å². The first kappa shape index (κ1) is 26.2. The summed E-state index contributed by atoms with van der Waals surface area (Å²) in [4.78, 5) is 35.8. The third-order valence-corrected chi connectivity index (χ3v) is 15.1. The number of fused-ring (bicyclic) bond motifs is 1. The minimum Gasteiger partial charge on any atom is -0.346 e. The summed E-state index contributed by atoms with van der Waals surface area (Å²) in [5, 5.41) is 6.52. The summed E-state index contributed by atoms with van der Waals surface area (Å²) in [7, 11) is 0. The summed E-state index contributed by atoms with van der Waals surface area (Å²) in [5.74, 6) is 1.27. The van der Waals surface area contributed by atoms with Gasteiger partial charge in [-0.05, 0) is 118 Å². The Morgan fingerprint density at radius 2 is 1.69 bits per heavy atom.